The van der Waals surface area contributed by atoms with Gasteiger partial charge in [-0.05, 0) is 37.3 Å². The van der Waals surface area contributed by atoms with Gasteiger partial charge in [-0.15, -0.1) is 0 Å². The van der Waals surface area contributed by atoms with Crippen LogP contribution in [0.1, 0.15) is 25.3 Å². The normalized spacial score (nSPS) is 52.8. The van der Waals surface area contributed by atoms with Crippen molar-refractivity contribution in [3.8, 4) is 0 Å². The molecule has 1 aliphatic carbocycles. The number of allylic oxidation sites excluding steroid dienone is 1. The average Bonchev–Trinajstić information content (AvgIpc) is 3.03. The SMILES string of the molecule is C/C=C1/CN2C3CC45c6ccccc6N(C)[C@@H]4[C@@H]2C[C@@H]1[C@@]3(CO)[C@@H]5O. The summed E-state index contributed by atoms with van der Waals surface area (Å²) in [6.07, 6.45) is 3.79. The summed E-state index contributed by atoms with van der Waals surface area (Å²) in [5.41, 5.74) is 3.39. The second kappa shape index (κ2) is 4.30. The number of piperidine rings is 4. The van der Waals surface area contributed by atoms with E-state index < -0.39 is 11.5 Å². The molecular weight excluding hydrogens is 312 g/mol. The molecule has 5 bridgehead atoms. The molecule has 1 spiro atoms. The summed E-state index contributed by atoms with van der Waals surface area (Å²) in [4.78, 5) is 5.07. The minimum atomic E-state index is -0.485. The van der Waals surface area contributed by atoms with Gasteiger partial charge in [-0.2, -0.15) is 0 Å². The first-order chi connectivity index (χ1) is 12.1. The van der Waals surface area contributed by atoms with Crippen LogP contribution in [0.3, 0.4) is 0 Å². The topological polar surface area (TPSA) is 46.9 Å². The van der Waals surface area contributed by atoms with Crippen LogP contribution in [0.2, 0.25) is 0 Å². The maximum Gasteiger partial charge on any atom is 0.0757 e. The molecular formula is C21H26N2O2. The Morgan fingerprint density at radius 1 is 1.32 bits per heavy atom. The Morgan fingerprint density at radius 2 is 2.12 bits per heavy atom. The summed E-state index contributed by atoms with van der Waals surface area (Å²) in [5.74, 6) is 0.322. The summed E-state index contributed by atoms with van der Waals surface area (Å²) >= 11 is 0. The van der Waals surface area contributed by atoms with Crippen molar-refractivity contribution in [2.75, 3.05) is 25.1 Å². The number of hydrogen-bond acceptors (Lipinski definition) is 4. The van der Waals surface area contributed by atoms with Crippen LogP contribution in [0.5, 0.6) is 0 Å². The molecule has 132 valence electrons. The number of fused-ring (bicyclic) bond motifs is 2. The standard InChI is InChI=1S/C21H26N2O2/c1-3-12-10-23-16-8-14(12)21(11-24)17(23)9-20(19(21)25)13-6-4-5-7-15(13)22(2)18(16)20/h3-7,14,16-19,24-25H,8-11H2,1-2H3/b12-3-/t14-,16-,17?,18+,19+,20?,21+/m0/s1. The van der Waals surface area contributed by atoms with Crippen molar-refractivity contribution in [2.24, 2.45) is 11.3 Å². The molecule has 5 fully saturated rings. The lowest BCUT2D eigenvalue weighted by Crippen LogP contribution is -2.71. The molecule has 1 aromatic carbocycles. The first kappa shape index (κ1) is 14.8. The third kappa shape index (κ3) is 1.26. The molecule has 4 nitrogen and oxygen atoms in total. The van der Waals surface area contributed by atoms with E-state index >= 15 is 0 Å². The Kier molecular flexibility index (Phi) is 2.54. The molecule has 2 N–H and O–H groups in total. The van der Waals surface area contributed by atoms with Gasteiger partial charge >= 0.3 is 0 Å². The molecule has 0 aromatic heterocycles. The molecule has 5 aliphatic heterocycles. The monoisotopic (exact) mass is 338 g/mol. The van der Waals surface area contributed by atoms with Gasteiger partial charge in [-0.25, -0.2) is 0 Å². The highest BCUT2D eigenvalue weighted by Gasteiger charge is 2.79. The molecule has 0 amide bonds. The van der Waals surface area contributed by atoms with E-state index in [1.165, 1.54) is 16.8 Å². The number of rotatable bonds is 1. The first-order valence-corrected chi connectivity index (χ1v) is 9.63. The first-order valence-electron chi connectivity index (χ1n) is 9.63. The van der Waals surface area contributed by atoms with Gasteiger partial charge < -0.3 is 15.1 Å². The quantitative estimate of drug-likeness (QED) is 0.762. The summed E-state index contributed by atoms with van der Waals surface area (Å²) < 4.78 is 0. The number of benzene rings is 1. The van der Waals surface area contributed by atoms with E-state index in [1.54, 1.807) is 0 Å². The van der Waals surface area contributed by atoms with E-state index in [9.17, 15) is 10.2 Å². The lowest BCUT2D eigenvalue weighted by atomic mass is 9.59. The van der Waals surface area contributed by atoms with Crippen LogP contribution in [0.25, 0.3) is 0 Å². The van der Waals surface area contributed by atoms with Gasteiger partial charge in [0.15, 0.2) is 0 Å². The fourth-order valence-electron chi connectivity index (χ4n) is 7.88. The van der Waals surface area contributed by atoms with Crippen molar-refractivity contribution >= 4 is 5.69 Å². The van der Waals surface area contributed by atoms with E-state index in [-0.39, 0.29) is 12.0 Å². The molecule has 4 saturated heterocycles. The van der Waals surface area contributed by atoms with E-state index in [0.29, 0.717) is 24.0 Å². The Morgan fingerprint density at radius 3 is 2.88 bits per heavy atom. The number of anilines is 1. The van der Waals surface area contributed by atoms with Gasteiger partial charge in [0.25, 0.3) is 0 Å². The average molecular weight is 338 g/mol. The van der Waals surface area contributed by atoms with Crippen LogP contribution < -0.4 is 4.90 Å². The van der Waals surface area contributed by atoms with Gasteiger partial charge in [0, 0.05) is 42.2 Å². The second-order valence-electron chi connectivity index (χ2n) is 8.90. The van der Waals surface area contributed by atoms with Crippen LogP contribution >= 0.6 is 0 Å². The van der Waals surface area contributed by atoms with Crippen LogP contribution in [0.4, 0.5) is 5.69 Å². The molecule has 0 radical (unpaired) electrons. The highest BCUT2D eigenvalue weighted by atomic mass is 16.3. The summed E-state index contributed by atoms with van der Waals surface area (Å²) in [7, 11) is 2.20. The zero-order chi connectivity index (χ0) is 17.1. The zero-order valence-electron chi connectivity index (χ0n) is 14.9. The maximum absolute atomic E-state index is 11.9. The van der Waals surface area contributed by atoms with Crippen molar-refractivity contribution in [3.63, 3.8) is 0 Å². The Bertz CT molecular complexity index is 807. The predicted molar refractivity (Wildman–Crippen MR) is 96.6 cm³/mol. The number of hydrogen-bond donors (Lipinski definition) is 2. The van der Waals surface area contributed by atoms with E-state index in [4.69, 9.17) is 0 Å². The molecule has 4 heteroatoms. The van der Waals surface area contributed by atoms with Gasteiger partial charge in [0.2, 0.25) is 0 Å². The fourth-order valence-corrected chi connectivity index (χ4v) is 7.88. The van der Waals surface area contributed by atoms with E-state index in [2.05, 4.69) is 54.1 Å². The zero-order valence-corrected chi connectivity index (χ0v) is 14.9. The lowest BCUT2D eigenvalue weighted by Gasteiger charge is -2.62. The Labute approximate surface area is 148 Å². The van der Waals surface area contributed by atoms with Crippen LogP contribution in [0.15, 0.2) is 35.9 Å². The number of likely N-dealkylation sites (N-methyl/N-ethyl adjacent to an activating group) is 1. The summed E-state index contributed by atoms with van der Waals surface area (Å²) in [6, 6.07) is 9.73. The van der Waals surface area contributed by atoms with E-state index in [0.717, 1.165) is 19.4 Å². The summed E-state index contributed by atoms with van der Waals surface area (Å²) in [5, 5.41) is 22.5. The van der Waals surface area contributed by atoms with Crippen molar-refractivity contribution in [3.05, 3.63) is 41.5 Å². The van der Waals surface area contributed by atoms with E-state index in [1.807, 2.05) is 0 Å². The minimum absolute atomic E-state index is 0.0877. The number of para-hydroxylation sites is 1. The van der Waals surface area contributed by atoms with Crippen LogP contribution in [-0.2, 0) is 5.41 Å². The van der Waals surface area contributed by atoms with Crippen LogP contribution in [-0.4, -0.2) is 59.5 Å². The van der Waals surface area contributed by atoms with Crippen molar-refractivity contribution in [2.45, 2.75) is 49.4 Å². The third-order valence-electron chi connectivity index (χ3n) is 8.65. The van der Waals surface area contributed by atoms with Crippen LogP contribution in [0, 0.1) is 11.3 Å². The van der Waals surface area contributed by atoms with Gasteiger partial charge in [-0.1, -0.05) is 29.8 Å². The number of aliphatic hydroxyl groups is 2. The lowest BCUT2D eigenvalue weighted by molar-refractivity contribution is -0.127. The molecule has 5 heterocycles. The van der Waals surface area contributed by atoms with Gasteiger partial charge in [0.05, 0.1) is 18.8 Å². The van der Waals surface area contributed by atoms with Crippen molar-refractivity contribution in [1.82, 2.24) is 4.90 Å². The molecule has 3 unspecified atom stereocenters. The highest BCUT2D eigenvalue weighted by molar-refractivity contribution is 5.68. The predicted octanol–water partition coefficient (Wildman–Crippen LogP) is 1.52. The van der Waals surface area contributed by atoms with Crippen molar-refractivity contribution < 1.29 is 10.2 Å². The van der Waals surface area contributed by atoms with Gasteiger partial charge in [0.1, 0.15) is 0 Å². The molecule has 25 heavy (non-hydrogen) atoms. The Hall–Kier alpha value is -1.36. The second-order valence-corrected chi connectivity index (χ2v) is 8.90. The molecule has 7 rings (SSSR count). The molecule has 1 saturated carbocycles. The molecule has 1 aromatic rings. The third-order valence-corrected chi connectivity index (χ3v) is 8.65. The Balaban J connectivity index is 1.66. The fraction of sp³-hybridized carbons (Fsp3) is 0.619. The number of nitrogens with zero attached hydrogens (tertiary/aromatic N) is 2. The smallest absolute Gasteiger partial charge is 0.0757 e. The largest absolute Gasteiger partial charge is 0.396 e. The number of aliphatic hydroxyl groups excluding tert-OH is 2. The highest BCUT2D eigenvalue weighted by Crippen LogP contribution is 2.72. The maximum atomic E-state index is 11.9. The van der Waals surface area contributed by atoms with Crippen molar-refractivity contribution in [1.29, 1.82) is 0 Å². The summed E-state index contributed by atoms with van der Waals surface area (Å²) in [6.45, 7) is 3.22. The molecule has 8 atom stereocenters. The molecule has 6 aliphatic rings. The minimum Gasteiger partial charge on any atom is -0.396 e. The van der Waals surface area contributed by atoms with Gasteiger partial charge in [-0.3, -0.25) is 4.90 Å².